The minimum atomic E-state index is -0.308. The fourth-order valence-electron chi connectivity index (χ4n) is 2.37. The van der Waals surface area contributed by atoms with Crippen LogP contribution < -0.4 is 0 Å². The lowest BCUT2D eigenvalue weighted by Crippen LogP contribution is -2.34. The number of thiophene rings is 1. The van der Waals surface area contributed by atoms with E-state index in [1.165, 1.54) is 22.6 Å². The Morgan fingerprint density at radius 3 is 2.84 bits per heavy atom. The van der Waals surface area contributed by atoms with E-state index < -0.39 is 0 Å². The van der Waals surface area contributed by atoms with Crippen molar-refractivity contribution in [3.63, 3.8) is 0 Å². The van der Waals surface area contributed by atoms with E-state index in [-0.39, 0.29) is 11.6 Å². The molecule has 1 aromatic heterocycles. The van der Waals surface area contributed by atoms with Crippen molar-refractivity contribution in [2.24, 2.45) is 0 Å². The van der Waals surface area contributed by atoms with Gasteiger partial charge in [-0.1, -0.05) is 0 Å². The molecule has 0 aliphatic carbocycles. The van der Waals surface area contributed by atoms with Crippen LogP contribution in [0.25, 0.3) is 0 Å². The average molecular weight is 275 g/mol. The highest BCUT2D eigenvalue weighted by atomic mass is 32.1. The number of carbonyl (C=O) groups is 1. The van der Waals surface area contributed by atoms with Crippen LogP contribution in [0.1, 0.15) is 20.8 Å². The summed E-state index contributed by atoms with van der Waals surface area (Å²) in [5.41, 5.74) is 1.92. The fourth-order valence-corrected chi connectivity index (χ4v) is 3.26. The molecule has 2 aromatic rings. The molecule has 0 radical (unpaired) electrons. The molecule has 3 rings (SSSR count). The minimum absolute atomic E-state index is 0.0543. The monoisotopic (exact) mass is 275 g/mol. The van der Waals surface area contributed by atoms with Crippen LogP contribution in [0.4, 0.5) is 4.39 Å². The van der Waals surface area contributed by atoms with Crippen molar-refractivity contribution >= 4 is 17.1 Å². The van der Waals surface area contributed by atoms with Crippen molar-refractivity contribution in [3.05, 3.63) is 57.5 Å². The predicted octanol–water partition coefficient (Wildman–Crippen LogP) is 3.13. The van der Waals surface area contributed by atoms with Crippen LogP contribution in [0.3, 0.4) is 0 Å². The molecule has 0 N–H and O–H groups in total. The first-order valence-electron chi connectivity index (χ1n) is 6.29. The van der Waals surface area contributed by atoms with Crippen LogP contribution in [-0.2, 0) is 13.0 Å². The summed E-state index contributed by atoms with van der Waals surface area (Å²) in [6, 6.07) is 7.91. The molecule has 0 fully saturated rings. The van der Waals surface area contributed by atoms with Crippen molar-refractivity contribution in [2.75, 3.05) is 13.1 Å². The third kappa shape index (κ3) is 2.74. The van der Waals surface area contributed by atoms with E-state index >= 15 is 0 Å². The van der Waals surface area contributed by atoms with Gasteiger partial charge in [0.15, 0.2) is 5.78 Å². The summed E-state index contributed by atoms with van der Waals surface area (Å²) < 4.78 is 12.8. The number of fused-ring (bicyclic) bond motifs is 1. The summed E-state index contributed by atoms with van der Waals surface area (Å²) in [6.45, 7) is 2.16. The molecule has 0 spiro atoms. The van der Waals surface area contributed by atoms with Gasteiger partial charge < -0.3 is 0 Å². The van der Waals surface area contributed by atoms with Gasteiger partial charge in [0.2, 0.25) is 0 Å². The van der Waals surface area contributed by atoms with E-state index in [9.17, 15) is 9.18 Å². The lowest BCUT2D eigenvalue weighted by molar-refractivity contribution is 0.0922. The first-order chi connectivity index (χ1) is 9.22. The zero-order chi connectivity index (χ0) is 13.2. The molecule has 4 heteroatoms. The average Bonchev–Trinajstić information content (AvgIpc) is 2.87. The second kappa shape index (κ2) is 5.23. The molecular weight excluding hydrogens is 261 g/mol. The number of carbonyl (C=O) groups excluding carboxylic acids is 1. The lowest BCUT2D eigenvalue weighted by atomic mass is 10.1. The molecule has 1 aromatic carbocycles. The Balaban J connectivity index is 1.66. The van der Waals surface area contributed by atoms with Gasteiger partial charge in [0.1, 0.15) is 5.82 Å². The number of halogens is 1. The molecule has 1 aliphatic rings. The van der Waals surface area contributed by atoms with Gasteiger partial charge in [0.25, 0.3) is 0 Å². The highest BCUT2D eigenvalue weighted by Gasteiger charge is 2.19. The van der Waals surface area contributed by atoms with E-state index in [2.05, 4.69) is 16.3 Å². The Morgan fingerprint density at radius 2 is 2.05 bits per heavy atom. The normalized spacial score (nSPS) is 15.2. The van der Waals surface area contributed by atoms with Gasteiger partial charge in [-0.3, -0.25) is 9.69 Å². The minimum Gasteiger partial charge on any atom is -0.293 e. The quantitative estimate of drug-likeness (QED) is 0.802. The molecule has 1 aliphatic heterocycles. The smallest absolute Gasteiger partial charge is 0.176 e. The molecule has 0 saturated heterocycles. The van der Waals surface area contributed by atoms with Gasteiger partial charge in [0, 0.05) is 23.5 Å². The van der Waals surface area contributed by atoms with Gasteiger partial charge in [-0.25, -0.2) is 4.39 Å². The summed E-state index contributed by atoms with van der Waals surface area (Å²) in [4.78, 5) is 15.7. The number of ketones is 1. The van der Waals surface area contributed by atoms with E-state index in [4.69, 9.17) is 0 Å². The zero-order valence-corrected chi connectivity index (χ0v) is 11.3. The van der Waals surface area contributed by atoms with Gasteiger partial charge in [0.05, 0.1) is 6.54 Å². The summed E-state index contributed by atoms with van der Waals surface area (Å²) in [6.07, 6.45) is 1.02. The summed E-state index contributed by atoms with van der Waals surface area (Å²) >= 11 is 1.79. The van der Waals surface area contributed by atoms with Crippen LogP contribution in [0.15, 0.2) is 35.7 Å². The molecule has 0 amide bonds. The first-order valence-corrected chi connectivity index (χ1v) is 7.17. The van der Waals surface area contributed by atoms with Crippen molar-refractivity contribution in [1.29, 1.82) is 0 Å². The third-order valence-corrected chi connectivity index (χ3v) is 4.44. The maximum Gasteiger partial charge on any atom is 0.176 e. The van der Waals surface area contributed by atoms with Crippen molar-refractivity contribution in [3.8, 4) is 0 Å². The summed E-state index contributed by atoms with van der Waals surface area (Å²) in [5, 5.41) is 2.11. The second-order valence-electron chi connectivity index (χ2n) is 4.76. The molecule has 2 nitrogen and oxygen atoms in total. The van der Waals surface area contributed by atoms with Crippen molar-refractivity contribution in [1.82, 2.24) is 4.90 Å². The molecule has 98 valence electrons. The molecule has 0 unspecified atom stereocenters. The Morgan fingerprint density at radius 1 is 1.26 bits per heavy atom. The van der Waals surface area contributed by atoms with Crippen LogP contribution in [0.2, 0.25) is 0 Å². The van der Waals surface area contributed by atoms with E-state index in [0.29, 0.717) is 12.1 Å². The van der Waals surface area contributed by atoms with E-state index in [1.54, 1.807) is 23.5 Å². The van der Waals surface area contributed by atoms with E-state index in [0.717, 1.165) is 19.5 Å². The topological polar surface area (TPSA) is 20.3 Å². The largest absolute Gasteiger partial charge is 0.293 e. The second-order valence-corrected chi connectivity index (χ2v) is 5.76. The molecule has 0 atom stereocenters. The highest BCUT2D eigenvalue weighted by molar-refractivity contribution is 7.10. The standard InChI is InChI=1S/C15H14FNOS/c16-13-3-1-11(2-4-13)14(18)10-17-7-5-15-12(9-17)6-8-19-15/h1-4,6,8H,5,7,9-10H2. The van der Waals surface area contributed by atoms with Crippen LogP contribution in [-0.4, -0.2) is 23.8 Å². The maximum atomic E-state index is 12.8. The molecule has 0 saturated carbocycles. The number of hydrogen-bond acceptors (Lipinski definition) is 3. The number of hydrogen-bond donors (Lipinski definition) is 0. The van der Waals surface area contributed by atoms with Crippen LogP contribution in [0, 0.1) is 5.82 Å². The van der Waals surface area contributed by atoms with Gasteiger partial charge in [-0.15, -0.1) is 11.3 Å². The van der Waals surface area contributed by atoms with Crippen molar-refractivity contribution < 1.29 is 9.18 Å². The maximum absolute atomic E-state index is 12.8. The Labute approximate surface area is 115 Å². The Kier molecular flexibility index (Phi) is 3.44. The molecule has 0 bridgehead atoms. The SMILES string of the molecule is O=C(CN1CCc2sccc2C1)c1ccc(F)cc1. The number of rotatable bonds is 3. The zero-order valence-electron chi connectivity index (χ0n) is 10.4. The number of nitrogens with zero attached hydrogens (tertiary/aromatic N) is 1. The fraction of sp³-hybridized carbons (Fsp3) is 0.267. The van der Waals surface area contributed by atoms with Gasteiger partial charge in [-0.05, 0) is 47.7 Å². The molecular formula is C15H14FNOS. The first kappa shape index (κ1) is 12.5. The number of Topliss-reactive ketones (excluding diaryl/α,β-unsaturated/α-hetero) is 1. The van der Waals surface area contributed by atoms with E-state index in [1.807, 2.05) is 0 Å². The van der Waals surface area contributed by atoms with Crippen molar-refractivity contribution in [2.45, 2.75) is 13.0 Å². The van der Waals surface area contributed by atoms with Gasteiger partial charge >= 0.3 is 0 Å². The third-order valence-electron chi connectivity index (χ3n) is 3.42. The van der Waals surface area contributed by atoms with Crippen LogP contribution in [0.5, 0.6) is 0 Å². The predicted molar refractivity (Wildman–Crippen MR) is 74.0 cm³/mol. The van der Waals surface area contributed by atoms with Crippen LogP contribution >= 0.6 is 11.3 Å². The Bertz CT molecular complexity index is 590. The summed E-state index contributed by atoms with van der Waals surface area (Å²) in [7, 11) is 0. The highest BCUT2D eigenvalue weighted by Crippen LogP contribution is 2.24. The summed E-state index contributed by atoms with van der Waals surface area (Å²) in [5.74, 6) is -0.254. The Hall–Kier alpha value is -1.52. The lowest BCUT2D eigenvalue weighted by Gasteiger charge is -2.26. The van der Waals surface area contributed by atoms with Gasteiger partial charge in [-0.2, -0.15) is 0 Å². The molecule has 2 heterocycles. The number of benzene rings is 1. The molecule has 19 heavy (non-hydrogen) atoms.